The van der Waals surface area contributed by atoms with Gasteiger partial charge in [0.2, 0.25) is 0 Å². The fourth-order valence-electron chi connectivity index (χ4n) is 1.96. The van der Waals surface area contributed by atoms with Crippen molar-refractivity contribution < 1.29 is 17.2 Å². The second-order valence-corrected chi connectivity index (χ2v) is 4.65. The van der Waals surface area contributed by atoms with Gasteiger partial charge in [-0.25, -0.2) is 4.18 Å². The van der Waals surface area contributed by atoms with Gasteiger partial charge in [0.1, 0.15) is 6.10 Å². The summed E-state index contributed by atoms with van der Waals surface area (Å²) in [6.45, 7) is 0. The van der Waals surface area contributed by atoms with Gasteiger partial charge in [0.15, 0.2) is 0 Å². The van der Waals surface area contributed by atoms with Crippen LogP contribution >= 0.6 is 0 Å². The fourth-order valence-corrected chi connectivity index (χ4v) is 2.45. The van der Waals surface area contributed by atoms with Crippen molar-refractivity contribution in [2.24, 2.45) is 0 Å². The van der Waals surface area contributed by atoms with Gasteiger partial charge in [-0.1, -0.05) is 24.3 Å². The molecule has 0 spiro atoms. The van der Waals surface area contributed by atoms with Crippen molar-refractivity contribution in [3.05, 3.63) is 35.4 Å². The summed E-state index contributed by atoms with van der Waals surface area (Å²) in [7, 11) is -4.37. The summed E-state index contributed by atoms with van der Waals surface area (Å²) in [6.07, 6.45) is 1.89. The van der Waals surface area contributed by atoms with E-state index in [9.17, 15) is 8.42 Å². The van der Waals surface area contributed by atoms with E-state index in [0.29, 0.717) is 6.42 Å². The number of aryl methyl sites for hydroxylation is 1. The van der Waals surface area contributed by atoms with Crippen LogP contribution in [-0.4, -0.2) is 13.0 Å². The Kier molecular flexibility index (Phi) is 2.77. The van der Waals surface area contributed by atoms with Crippen LogP contribution < -0.4 is 0 Å². The van der Waals surface area contributed by atoms with E-state index >= 15 is 0 Å². The molecule has 1 aliphatic carbocycles. The number of hydrogen-bond acceptors (Lipinski definition) is 3. The summed E-state index contributed by atoms with van der Waals surface area (Å²) in [6, 6.07) is 7.54. The minimum Gasteiger partial charge on any atom is -0.264 e. The van der Waals surface area contributed by atoms with Gasteiger partial charge in [-0.15, -0.1) is 0 Å². The maximum atomic E-state index is 10.6. The predicted octanol–water partition coefficient (Wildman–Crippen LogP) is 1.88. The average molecular weight is 228 g/mol. The molecule has 0 saturated carbocycles. The third-order valence-corrected chi connectivity index (χ3v) is 3.03. The first-order valence-corrected chi connectivity index (χ1v) is 6.16. The molecule has 15 heavy (non-hydrogen) atoms. The van der Waals surface area contributed by atoms with Gasteiger partial charge in [0.25, 0.3) is 0 Å². The van der Waals surface area contributed by atoms with Crippen LogP contribution in [0.1, 0.15) is 30.1 Å². The minimum absolute atomic E-state index is 0.537. The summed E-state index contributed by atoms with van der Waals surface area (Å²) < 4.78 is 34.6. The molecule has 2 rings (SSSR count). The topological polar surface area (TPSA) is 63.6 Å². The molecular weight excluding hydrogens is 216 g/mol. The second kappa shape index (κ2) is 3.92. The summed E-state index contributed by atoms with van der Waals surface area (Å²) in [5, 5.41) is 0. The maximum absolute atomic E-state index is 10.6. The van der Waals surface area contributed by atoms with Crippen molar-refractivity contribution in [1.82, 2.24) is 0 Å². The second-order valence-electron chi connectivity index (χ2n) is 3.60. The zero-order valence-electron chi connectivity index (χ0n) is 8.09. The van der Waals surface area contributed by atoms with Crippen LogP contribution in [0.5, 0.6) is 0 Å². The smallest absolute Gasteiger partial charge is 0.264 e. The predicted molar refractivity (Wildman–Crippen MR) is 54.8 cm³/mol. The standard InChI is InChI=1S/C10H12O4S/c11-15(12,13)14-10-7-3-5-8-4-1-2-6-9(8)10/h1-2,4,6,10H,3,5,7H2,(H,11,12,13). The fraction of sp³-hybridized carbons (Fsp3) is 0.400. The van der Waals surface area contributed by atoms with E-state index < -0.39 is 16.5 Å². The molecule has 5 heteroatoms. The van der Waals surface area contributed by atoms with Crippen LogP contribution in [0.15, 0.2) is 24.3 Å². The Morgan fingerprint density at radius 1 is 1.33 bits per heavy atom. The molecule has 1 atom stereocenters. The van der Waals surface area contributed by atoms with Crippen LogP contribution in [0.4, 0.5) is 0 Å². The zero-order chi connectivity index (χ0) is 10.9. The molecule has 0 fully saturated rings. The third kappa shape index (κ3) is 2.56. The van der Waals surface area contributed by atoms with E-state index in [0.717, 1.165) is 24.0 Å². The lowest BCUT2D eigenvalue weighted by molar-refractivity contribution is 0.166. The van der Waals surface area contributed by atoms with Crippen LogP contribution in [0.25, 0.3) is 0 Å². The normalized spacial score (nSPS) is 21.0. The lowest BCUT2D eigenvalue weighted by atomic mass is 9.90. The average Bonchev–Trinajstić information content (AvgIpc) is 2.16. The molecule has 1 aromatic rings. The molecule has 0 saturated heterocycles. The first kappa shape index (κ1) is 10.6. The Morgan fingerprint density at radius 3 is 2.80 bits per heavy atom. The van der Waals surface area contributed by atoms with E-state index in [4.69, 9.17) is 4.55 Å². The third-order valence-electron chi connectivity index (χ3n) is 2.55. The van der Waals surface area contributed by atoms with Gasteiger partial charge in [-0.3, -0.25) is 4.55 Å². The molecule has 4 nitrogen and oxygen atoms in total. The maximum Gasteiger partial charge on any atom is 0.397 e. The summed E-state index contributed by atoms with van der Waals surface area (Å²) in [5.74, 6) is 0. The molecule has 0 aliphatic heterocycles. The number of rotatable bonds is 2. The van der Waals surface area contributed by atoms with Crippen LogP contribution in [0.3, 0.4) is 0 Å². The van der Waals surface area contributed by atoms with E-state index in [-0.39, 0.29) is 0 Å². The SMILES string of the molecule is O=S(=O)(O)OC1CCCc2ccccc21. The Bertz CT molecular complexity index is 452. The van der Waals surface area contributed by atoms with Gasteiger partial charge in [0.05, 0.1) is 0 Å². The van der Waals surface area contributed by atoms with Gasteiger partial charge >= 0.3 is 10.4 Å². The highest BCUT2D eigenvalue weighted by atomic mass is 32.3. The first-order chi connectivity index (χ1) is 7.06. The Hall–Kier alpha value is -0.910. The van der Waals surface area contributed by atoms with Crippen molar-refractivity contribution in [3.8, 4) is 0 Å². The van der Waals surface area contributed by atoms with Crippen LogP contribution in [0.2, 0.25) is 0 Å². The Labute approximate surface area is 88.8 Å². The molecule has 0 heterocycles. The van der Waals surface area contributed by atoms with Crippen LogP contribution in [0, 0.1) is 0 Å². The van der Waals surface area contributed by atoms with Gasteiger partial charge < -0.3 is 0 Å². The highest BCUT2D eigenvalue weighted by Gasteiger charge is 2.24. The summed E-state index contributed by atoms with van der Waals surface area (Å²) >= 11 is 0. The molecule has 0 aromatic heterocycles. The quantitative estimate of drug-likeness (QED) is 0.785. The molecule has 0 radical (unpaired) electrons. The number of fused-ring (bicyclic) bond motifs is 1. The lowest BCUT2D eigenvalue weighted by Gasteiger charge is -2.23. The molecule has 1 aliphatic rings. The van der Waals surface area contributed by atoms with Crippen molar-refractivity contribution in [1.29, 1.82) is 0 Å². The molecular formula is C10H12O4S. The summed E-state index contributed by atoms with van der Waals surface area (Å²) in [5.41, 5.74) is 1.96. The van der Waals surface area contributed by atoms with Crippen molar-refractivity contribution in [2.45, 2.75) is 25.4 Å². The molecule has 1 N–H and O–H groups in total. The summed E-state index contributed by atoms with van der Waals surface area (Å²) in [4.78, 5) is 0. The van der Waals surface area contributed by atoms with Gasteiger partial charge in [-0.05, 0) is 30.4 Å². The number of benzene rings is 1. The Morgan fingerprint density at radius 2 is 2.07 bits per heavy atom. The van der Waals surface area contributed by atoms with Crippen LogP contribution in [-0.2, 0) is 21.0 Å². The molecule has 0 bridgehead atoms. The van der Waals surface area contributed by atoms with Crippen molar-refractivity contribution >= 4 is 10.4 Å². The van der Waals surface area contributed by atoms with E-state index in [1.807, 2.05) is 24.3 Å². The lowest BCUT2D eigenvalue weighted by Crippen LogP contribution is -2.16. The van der Waals surface area contributed by atoms with E-state index in [2.05, 4.69) is 4.18 Å². The van der Waals surface area contributed by atoms with E-state index in [1.54, 1.807) is 0 Å². The monoisotopic (exact) mass is 228 g/mol. The molecule has 1 aromatic carbocycles. The Balaban J connectivity index is 2.30. The highest BCUT2D eigenvalue weighted by molar-refractivity contribution is 7.80. The highest BCUT2D eigenvalue weighted by Crippen LogP contribution is 2.32. The molecule has 1 unspecified atom stereocenters. The van der Waals surface area contributed by atoms with Crippen molar-refractivity contribution in [3.63, 3.8) is 0 Å². The van der Waals surface area contributed by atoms with E-state index in [1.165, 1.54) is 0 Å². The first-order valence-electron chi connectivity index (χ1n) is 4.80. The zero-order valence-corrected chi connectivity index (χ0v) is 8.90. The molecule has 82 valence electrons. The minimum atomic E-state index is -4.37. The number of hydrogen-bond donors (Lipinski definition) is 1. The molecule has 0 amide bonds. The van der Waals surface area contributed by atoms with Gasteiger partial charge in [-0.2, -0.15) is 8.42 Å². The largest absolute Gasteiger partial charge is 0.397 e. The van der Waals surface area contributed by atoms with Gasteiger partial charge in [0, 0.05) is 0 Å². The van der Waals surface area contributed by atoms with Crippen molar-refractivity contribution in [2.75, 3.05) is 0 Å².